The molecule has 10 aromatic carbocycles. The van der Waals surface area contributed by atoms with Crippen LogP contribution in [0.5, 0.6) is 23.0 Å². The predicted octanol–water partition coefficient (Wildman–Crippen LogP) is 17.1. The van der Waals surface area contributed by atoms with Crippen LogP contribution in [0.2, 0.25) is 0 Å². The molecular formula is C83H57IN16O18. The van der Waals surface area contributed by atoms with Crippen molar-refractivity contribution in [1.29, 1.82) is 21.0 Å². The first kappa shape index (κ1) is 94.7. The van der Waals surface area contributed by atoms with E-state index in [9.17, 15) is 57.5 Å². The molecule has 0 heterocycles. The van der Waals surface area contributed by atoms with Crippen molar-refractivity contribution in [3.05, 3.63) is 240 Å². The number of carbonyl (C=O) groups excluding carboxylic acids is 12. The highest BCUT2D eigenvalue weighted by Crippen LogP contribution is 2.37. The number of benzene rings is 10. The highest BCUT2D eigenvalue weighted by atomic mass is 127. The van der Waals surface area contributed by atoms with E-state index in [1.807, 2.05) is 71.1 Å². The van der Waals surface area contributed by atoms with E-state index < -0.39 is 0 Å². The maximum absolute atomic E-state index is 10.4. The van der Waals surface area contributed by atoms with Gasteiger partial charge in [-0.15, -0.1) is 10.5 Å². The molecule has 34 nitrogen and oxygen atoms in total. The third-order valence-corrected chi connectivity index (χ3v) is 14.0. The maximum atomic E-state index is 10.4. The summed E-state index contributed by atoms with van der Waals surface area (Å²) in [5.41, 5.74) is 11.3. The van der Waals surface area contributed by atoms with Crippen LogP contribution >= 0.6 is 22.6 Å². The van der Waals surface area contributed by atoms with Gasteiger partial charge in [0.25, 0.3) is 25.0 Å². The van der Waals surface area contributed by atoms with Crippen LogP contribution in [0.15, 0.2) is 266 Å². The molecule has 0 aliphatic heterocycles. The number of nitriles is 4. The largest absolute Gasteiger partial charge is 0.494 e. The number of fused-ring (bicyclic) bond motifs is 1. The molecule has 10 aromatic rings. The Bertz CT molecular complexity index is 5750. The maximum Gasteiger partial charge on any atom is 0.292 e. The minimum Gasteiger partial charge on any atom is -0.494 e. The zero-order valence-electron chi connectivity index (χ0n) is 63.0. The van der Waals surface area contributed by atoms with Crippen molar-refractivity contribution < 1.29 is 87.3 Å². The molecule has 0 spiro atoms. The van der Waals surface area contributed by atoms with E-state index in [2.05, 4.69) is 74.1 Å². The van der Waals surface area contributed by atoms with Gasteiger partial charge in [-0.1, -0.05) is 126 Å². The fraction of sp³-hybridized carbons (Fsp3) is 0.108. The zero-order chi connectivity index (χ0) is 87.5. The Balaban J connectivity index is 0.000000462. The third kappa shape index (κ3) is 36.8. The highest BCUT2D eigenvalue weighted by Gasteiger charge is 2.11. The first-order chi connectivity index (χ1) is 58.0. The van der Waals surface area contributed by atoms with Gasteiger partial charge in [0, 0.05) is 17.7 Å². The van der Waals surface area contributed by atoms with Crippen molar-refractivity contribution in [2.75, 3.05) is 19.1 Å². The van der Waals surface area contributed by atoms with Crippen LogP contribution in [0.1, 0.15) is 34.8 Å². The van der Waals surface area contributed by atoms with Crippen LogP contribution in [0.25, 0.3) is 21.9 Å². The molecule has 0 radical (unpaired) electrons. The number of alkyl halides is 1. The SMILES string of the molecule is COc1cc(-c2ccc(OC#N)c(OC)c2)ccc1N=C=O.Cc1c(N=C=O)cccc1OC#N.Cc1ccc(N=C=O)cc1N=C=O.N#COCc1ccc(CN=C=O)cc1.N#COCc1cccc(CN=C=O)c1.O=C=Nc1ccc(N=C=O)cc1.O=C=Nc1cccc(N=C=O)c1.O=C=Nc1cccc2c(N=C=O)cccc12.[2H]CI. The number of rotatable bonds is 23. The highest BCUT2D eigenvalue weighted by molar-refractivity contribution is 14.1. The number of hydrogen-bond acceptors (Lipinski definition) is 34. The second-order valence-corrected chi connectivity index (χ2v) is 20.9. The second-order valence-electron chi connectivity index (χ2n) is 20.9. The van der Waals surface area contributed by atoms with Gasteiger partial charge in [0.15, 0.2) is 11.5 Å². The van der Waals surface area contributed by atoms with Gasteiger partial charge in [-0.05, 0) is 161 Å². The zero-order valence-corrected chi connectivity index (χ0v) is 64.2. The number of halogens is 1. The fourth-order valence-electron chi connectivity index (χ4n) is 8.85. The Hall–Kier alpha value is -17.5. The number of isocyanates is 12. The molecule has 0 N–H and O–H groups in total. The molecule has 10 rings (SSSR count). The van der Waals surface area contributed by atoms with Crippen molar-refractivity contribution in [3.8, 4) is 59.1 Å². The molecule has 118 heavy (non-hydrogen) atoms. The van der Waals surface area contributed by atoms with E-state index in [-0.39, 0.29) is 13.2 Å². The summed E-state index contributed by atoms with van der Waals surface area (Å²) in [4.78, 5) is 162. The lowest BCUT2D eigenvalue weighted by molar-refractivity contribution is 0.257. The molecule has 0 saturated carbocycles. The molecule has 35 heteroatoms. The summed E-state index contributed by atoms with van der Waals surface area (Å²) in [6.45, 7) is 4.67. The molecule has 0 unspecified atom stereocenters. The predicted molar refractivity (Wildman–Crippen MR) is 432 cm³/mol. The quantitative estimate of drug-likeness (QED) is 0.0189. The lowest BCUT2D eigenvalue weighted by Crippen LogP contribution is -1.91. The van der Waals surface area contributed by atoms with E-state index in [0.29, 0.717) is 103 Å². The normalized spacial score (nSPS) is 8.64. The van der Waals surface area contributed by atoms with Gasteiger partial charge in [0.2, 0.25) is 73.0 Å². The Morgan fingerprint density at radius 2 is 0.712 bits per heavy atom. The van der Waals surface area contributed by atoms with Crippen molar-refractivity contribution in [2.24, 2.45) is 59.9 Å². The molecule has 0 aliphatic carbocycles. The first-order valence-corrected chi connectivity index (χ1v) is 33.9. The average Bonchev–Trinajstić information content (AvgIpc) is 0.826. The fourth-order valence-corrected chi connectivity index (χ4v) is 8.85. The van der Waals surface area contributed by atoms with Crippen molar-refractivity contribution in [2.45, 2.75) is 40.2 Å². The number of aliphatic imine (C=N–C) groups is 12. The molecule has 0 saturated heterocycles. The molecule has 0 bridgehead atoms. The van der Waals surface area contributed by atoms with Gasteiger partial charge in [-0.2, -0.15) is 60.4 Å². The van der Waals surface area contributed by atoms with Gasteiger partial charge in [-0.25, -0.2) is 67.5 Å². The Morgan fingerprint density at radius 3 is 1.20 bits per heavy atom. The summed E-state index contributed by atoms with van der Waals surface area (Å²) in [5.74, 6) is 1.63. The number of methoxy groups -OCH3 is 2. The Morgan fingerprint density at radius 1 is 0.322 bits per heavy atom. The number of nitrogens with zero attached hydrogens (tertiary/aromatic N) is 16. The van der Waals surface area contributed by atoms with Crippen molar-refractivity contribution in [1.82, 2.24) is 0 Å². The minimum atomic E-state index is 0.245. The van der Waals surface area contributed by atoms with E-state index in [1.165, 1.54) is 99.3 Å². The van der Waals surface area contributed by atoms with Gasteiger partial charge in [-0.3, -0.25) is 0 Å². The summed E-state index contributed by atoms with van der Waals surface area (Å²) in [5, 5.41) is 34.7. The summed E-state index contributed by atoms with van der Waals surface area (Å²) in [7, 11) is 2.99. The van der Waals surface area contributed by atoms with Gasteiger partial charge >= 0.3 is 0 Å². The van der Waals surface area contributed by atoms with Crippen molar-refractivity contribution >= 4 is 163 Å². The second kappa shape index (κ2) is 60.3. The smallest absolute Gasteiger partial charge is 0.292 e. The lowest BCUT2D eigenvalue weighted by Gasteiger charge is -2.10. The van der Waals surface area contributed by atoms with Crippen LogP contribution in [0, 0.1) is 59.9 Å². The average molecular weight is 1690 g/mol. The number of hydrogen-bond donors (Lipinski definition) is 0. The standard InChI is InChI=1S/C16H12N2O4.C12H6N2O2.2C10H8N2O2.2C9H6N2O2.2C8H4N2O2.CH3I/c1-20-15-7-11(3-5-13(15)18-10-19)12-4-6-14(22-9-17)16(8-12)21-2;15-7-13-11-5-1-3-9-10(11)4-2-6-12(9)14-8-16;11-7-14-6-10-3-1-9(2-4-10)5-12-8-13;11-7-14-6-10-3-1-2-9(4-10)5-12-8-13;1-7-2-3-8(10-5-12)4-9(7)11-6-13;1-7-8(11-6-12)3-2-4-9(7)13-5-10;11-5-9-7-1-2-8(4-3-7)10-6-12;11-5-9-7-2-1-3-8(4-7)10-6-12;1-2/h3-8H,1-2H3;1-6H;2*1-4H,5-6H2;2*2-4H,1H3;2*1-4H;1H3/i;;;;;;;;1D. The summed E-state index contributed by atoms with van der Waals surface area (Å²) < 4.78 is 35.2. The number of ether oxygens (including phenoxy) is 6. The first-order valence-electron chi connectivity index (χ1n) is 33.0. The van der Waals surface area contributed by atoms with Crippen LogP contribution in [-0.2, 0) is 93.3 Å². The van der Waals surface area contributed by atoms with E-state index in [1.54, 1.807) is 184 Å². The van der Waals surface area contributed by atoms with Crippen LogP contribution < -0.4 is 18.9 Å². The van der Waals surface area contributed by atoms with Crippen molar-refractivity contribution in [3.63, 3.8) is 0 Å². The lowest BCUT2D eigenvalue weighted by atomic mass is 10.0. The Kier molecular flexibility index (Phi) is 48.4. The Labute approximate surface area is 685 Å². The molecule has 0 aliphatic rings. The topological polar surface area (TPSA) is 504 Å². The molecule has 0 aromatic heterocycles. The van der Waals surface area contributed by atoms with E-state index in [4.69, 9.17) is 36.6 Å². The van der Waals surface area contributed by atoms with E-state index in [0.717, 1.165) is 49.7 Å². The van der Waals surface area contributed by atoms with Crippen LogP contribution in [0.4, 0.5) is 56.9 Å². The van der Waals surface area contributed by atoms with Gasteiger partial charge in [0.05, 0.1) is 78.5 Å². The van der Waals surface area contributed by atoms with Gasteiger partial charge in [0.1, 0.15) is 30.4 Å². The summed E-state index contributed by atoms with van der Waals surface area (Å²) in [6, 6.07) is 57.8. The molecule has 0 fully saturated rings. The molecule has 0 amide bonds. The third-order valence-electron chi connectivity index (χ3n) is 14.0. The molecule has 584 valence electrons. The molecule has 0 atom stereocenters. The minimum absolute atomic E-state index is 0.245. The van der Waals surface area contributed by atoms with Gasteiger partial charge < -0.3 is 28.4 Å². The monoisotopic (exact) mass is 1690 g/mol. The van der Waals surface area contributed by atoms with E-state index >= 15 is 0 Å². The van der Waals surface area contributed by atoms with Crippen LogP contribution in [-0.4, -0.2) is 92.1 Å². The number of aryl methyl sites for hydroxylation is 1. The summed E-state index contributed by atoms with van der Waals surface area (Å²) >= 11 is 1.96. The van der Waals surface area contributed by atoms with Crippen LogP contribution in [0.3, 0.4) is 0 Å². The molecular weight excluding hydrogens is 1640 g/mol. The summed E-state index contributed by atoms with van der Waals surface area (Å²) in [6.07, 6.45) is 23.6.